The zero-order valence-electron chi connectivity index (χ0n) is 13.8. The average molecular weight is 317 g/mol. The number of carbonyl (C=O) groups excluding carboxylic acids is 1. The number of nitrogens with one attached hydrogen (secondary N) is 2. The minimum atomic E-state index is -0.0633. The highest BCUT2D eigenvalue weighted by Gasteiger charge is 2.21. The van der Waals surface area contributed by atoms with Gasteiger partial charge in [0.15, 0.2) is 5.82 Å². The van der Waals surface area contributed by atoms with Gasteiger partial charge in [-0.15, -0.1) is 0 Å². The first-order valence-corrected chi connectivity index (χ1v) is 8.01. The van der Waals surface area contributed by atoms with Crippen molar-refractivity contribution in [3.63, 3.8) is 0 Å². The Kier molecular flexibility index (Phi) is 4.42. The largest absolute Gasteiger partial charge is 0.310 e. The number of hydrogen-bond acceptors (Lipinski definition) is 5. The predicted molar refractivity (Wildman–Crippen MR) is 86.1 cm³/mol. The van der Waals surface area contributed by atoms with Gasteiger partial charge in [-0.05, 0) is 13.3 Å². The van der Waals surface area contributed by atoms with Gasteiger partial charge in [0.1, 0.15) is 11.6 Å². The van der Waals surface area contributed by atoms with Gasteiger partial charge in [-0.2, -0.15) is 10.2 Å². The molecule has 3 heterocycles. The number of anilines is 1. The molecule has 3 rings (SSSR count). The third-order valence-corrected chi connectivity index (χ3v) is 4.04. The molecule has 0 saturated heterocycles. The van der Waals surface area contributed by atoms with Gasteiger partial charge in [-0.1, -0.05) is 6.92 Å². The second-order valence-corrected chi connectivity index (χ2v) is 5.94. The minimum Gasteiger partial charge on any atom is -0.310 e. The normalized spacial score (nSPS) is 17.1. The van der Waals surface area contributed by atoms with Gasteiger partial charge in [-0.3, -0.25) is 9.48 Å². The fraction of sp³-hybridized carbons (Fsp3) is 0.600. The van der Waals surface area contributed by atoms with E-state index in [1.165, 1.54) is 0 Å². The molecular weight excluding hydrogens is 294 g/mol. The topological polar surface area (TPSA) is 89.7 Å². The highest BCUT2D eigenvalue weighted by atomic mass is 16.2. The molecule has 1 aliphatic rings. The van der Waals surface area contributed by atoms with Gasteiger partial charge in [-0.25, -0.2) is 9.67 Å². The standard InChI is InChI=1S/C15H23N7O/c1-4-12-17-13-6-5-11(9-22(13)20-12)16-8-15(23)18-14-7-10(2)19-21(14)3/h7,11,16H,4-6,8-9H2,1-3H3,(H,18,23)/t11-/m0/s1. The molecule has 0 fully saturated rings. The van der Waals surface area contributed by atoms with Crippen molar-refractivity contribution in [2.75, 3.05) is 11.9 Å². The van der Waals surface area contributed by atoms with Crippen molar-refractivity contribution in [3.05, 3.63) is 23.4 Å². The lowest BCUT2D eigenvalue weighted by Gasteiger charge is -2.23. The van der Waals surface area contributed by atoms with Crippen molar-refractivity contribution in [3.8, 4) is 0 Å². The maximum atomic E-state index is 12.1. The van der Waals surface area contributed by atoms with Crippen LogP contribution in [0.15, 0.2) is 6.07 Å². The number of amides is 1. The van der Waals surface area contributed by atoms with E-state index in [4.69, 9.17) is 0 Å². The first kappa shape index (κ1) is 15.7. The summed E-state index contributed by atoms with van der Waals surface area (Å²) in [4.78, 5) is 16.6. The Labute approximate surface area is 135 Å². The molecule has 1 atom stereocenters. The summed E-state index contributed by atoms with van der Waals surface area (Å²) in [5.41, 5.74) is 0.883. The van der Waals surface area contributed by atoms with Crippen molar-refractivity contribution in [2.45, 2.75) is 45.7 Å². The lowest BCUT2D eigenvalue weighted by atomic mass is 10.1. The second kappa shape index (κ2) is 6.49. The number of aryl methyl sites for hydroxylation is 4. The monoisotopic (exact) mass is 317 g/mol. The molecule has 8 heteroatoms. The molecule has 0 saturated carbocycles. The number of rotatable bonds is 5. The van der Waals surface area contributed by atoms with Crippen LogP contribution in [0.25, 0.3) is 0 Å². The average Bonchev–Trinajstić information content (AvgIpc) is 3.07. The van der Waals surface area contributed by atoms with E-state index in [1.807, 2.05) is 24.7 Å². The van der Waals surface area contributed by atoms with E-state index in [9.17, 15) is 4.79 Å². The Morgan fingerprint density at radius 1 is 1.43 bits per heavy atom. The molecule has 1 amide bonds. The maximum Gasteiger partial charge on any atom is 0.239 e. The number of aromatic nitrogens is 5. The molecule has 8 nitrogen and oxygen atoms in total. The van der Waals surface area contributed by atoms with Gasteiger partial charge in [0.25, 0.3) is 0 Å². The van der Waals surface area contributed by atoms with Crippen molar-refractivity contribution in [1.82, 2.24) is 29.9 Å². The van der Waals surface area contributed by atoms with Crippen LogP contribution in [0, 0.1) is 6.92 Å². The molecule has 1 aliphatic heterocycles. The molecule has 23 heavy (non-hydrogen) atoms. The first-order valence-electron chi connectivity index (χ1n) is 8.01. The van der Waals surface area contributed by atoms with Crippen molar-refractivity contribution >= 4 is 11.7 Å². The van der Waals surface area contributed by atoms with Crippen LogP contribution in [0.2, 0.25) is 0 Å². The smallest absolute Gasteiger partial charge is 0.239 e. The van der Waals surface area contributed by atoms with Crippen molar-refractivity contribution in [1.29, 1.82) is 0 Å². The van der Waals surface area contributed by atoms with Crippen LogP contribution in [-0.4, -0.2) is 43.0 Å². The molecule has 0 aromatic carbocycles. The van der Waals surface area contributed by atoms with Crippen LogP contribution in [0.1, 0.15) is 30.7 Å². The third kappa shape index (κ3) is 3.58. The number of carbonyl (C=O) groups is 1. The molecule has 0 aliphatic carbocycles. The number of fused-ring (bicyclic) bond motifs is 1. The Hall–Kier alpha value is -2.22. The van der Waals surface area contributed by atoms with Crippen LogP contribution in [-0.2, 0) is 31.2 Å². The highest BCUT2D eigenvalue weighted by Crippen LogP contribution is 2.13. The summed E-state index contributed by atoms with van der Waals surface area (Å²) in [6.07, 6.45) is 2.72. The summed E-state index contributed by atoms with van der Waals surface area (Å²) in [6, 6.07) is 2.10. The molecular formula is C15H23N7O. The van der Waals surface area contributed by atoms with E-state index < -0.39 is 0 Å². The molecule has 0 spiro atoms. The minimum absolute atomic E-state index is 0.0633. The third-order valence-electron chi connectivity index (χ3n) is 4.04. The number of nitrogens with zero attached hydrogens (tertiary/aromatic N) is 5. The van der Waals surface area contributed by atoms with E-state index in [0.717, 1.165) is 43.1 Å². The van der Waals surface area contributed by atoms with Crippen LogP contribution in [0.5, 0.6) is 0 Å². The molecule has 124 valence electrons. The molecule has 0 unspecified atom stereocenters. The van der Waals surface area contributed by atoms with Gasteiger partial charge >= 0.3 is 0 Å². The van der Waals surface area contributed by atoms with Gasteiger partial charge in [0.2, 0.25) is 5.91 Å². The van der Waals surface area contributed by atoms with Crippen LogP contribution in [0.4, 0.5) is 5.82 Å². The fourth-order valence-corrected chi connectivity index (χ4v) is 2.83. The number of hydrogen-bond donors (Lipinski definition) is 2. The first-order chi connectivity index (χ1) is 11.0. The summed E-state index contributed by atoms with van der Waals surface area (Å²) in [5, 5.41) is 14.9. The summed E-state index contributed by atoms with van der Waals surface area (Å²) >= 11 is 0. The summed E-state index contributed by atoms with van der Waals surface area (Å²) in [7, 11) is 1.81. The summed E-state index contributed by atoms with van der Waals surface area (Å²) < 4.78 is 3.63. The Balaban J connectivity index is 1.51. The zero-order chi connectivity index (χ0) is 16.4. The van der Waals surface area contributed by atoms with E-state index >= 15 is 0 Å². The van der Waals surface area contributed by atoms with E-state index in [0.29, 0.717) is 5.82 Å². The maximum absolute atomic E-state index is 12.1. The zero-order valence-corrected chi connectivity index (χ0v) is 13.8. The van der Waals surface area contributed by atoms with Crippen LogP contribution in [0.3, 0.4) is 0 Å². The summed E-state index contributed by atoms with van der Waals surface area (Å²) in [5.74, 6) is 2.59. The molecule has 2 aromatic heterocycles. The van der Waals surface area contributed by atoms with E-state index in [-0.39, 0.29) is 18.5 Å². The molecule has 0 bridgehead atoms. The summed E-state index contributed by atoms with van der Waals surface area (Å²) in [6.45, 7) is 5.00. The molecule has 2 aromatic rings. The van der Waals surface area contributed by atoms with Crippen molar-refractivity contribution < 1.29 is 4.79 Å². The van der Waals surface area contributed by atoms with Gasteiger partial charge < -0.3 is 10.6 Å². The van der Waals surface area contributed by atoms with Crippen LogP contribution >= 0.6 is 0 Å². The Morgan fingerprint density at radius 3 is 2.96 bits per heavy atom. The lowest BCUT2D eigenvalue weighted by molar-refractivity contribution is -0.115. The SMILES string of the molecule is CCc1nc2n(n1)C[C@@H](NCC(=O)Nc1cc(C)nn1C)CC2. The fourth-order valence-electron chi connectivity index (χ4n) is 2.83. The highest BCUT2D eigenvalue weighted by molar-refractivity contribution is 5.91. The molecule has 2 N–H and O–H groups in total. The second-order valence-electron chi connectivity index (χ2n) is 5.94. The van der Waals surface area contributed by atoms with Gasteiger partial charge in [0, 0.05) is 32.0 Å². The van der Waals surface area contributed by atoms with E-state index in [1.54, 1.807) is 4.68 Å². The predicted octanol–water partition coefficient (Wildman–Crippen LogP) is 0.426. The van der Waals surface area contributed by atoms with Crippen molar-refractivity contribution in [2.24, 2.45) is 7.05 Å². The Morgan fingerprint density at radius 2 is 2.26 bits per heavy atom. The van der Waals surface area contributed by atoms with E-state index in [2.05, 4.69) is 32.7 Å². The quantitative estimate of drug-likeness (QED) is 0.834. The molecule has 0 radical (unpaired) electrons. The van der Waals surface area contributed by atoms with Gasteiger partial charge in [0.05, 0.1) is 18.8 Å². The van der Waals surface area contributed by atoms with Crippen LogP contribution < -0.4 is 10.6 Å². The Bertz CT molecular complexity index is 703. The lowest BCUT2D eigenvalue weighted by Crippen LogP contribution is -2.41.